The fourth-order valence-corrected chi connectivity index (χ4v) is 6.15. The van der Waals surface area contributed by atoms with Gasteiger partial charge in [0.2, 0.25) is 0 Å². The summed E-state index contributed by atoms with van der Waals surface area (Å²) in [5.41, 5.74) is 8.13. The molecule has 0 heterocycles. The van der Waals surface area contributed by atoms with Crippen molar-refractivity contribution in [3.63, 3.8) is 0 Å². The fraction of sp³-hybridized carbons (Fsp3) is 0.442. The fourth-order valence-electron chi connectivity index (χ4n) is 6.15. The van der Waals surface area contributed by atoms with Crippen LogP contribution in [0.1, 0.15) is 112 Å². The van der Waals surface area contributed by atoms with Crippen LogP contribution in [0.25, 0.3) is 11.6 Å². The first-order valence-corrected chi connectivity index (χ1v) is 18.0. The van der Waals surface area contributed by atoms with Crippen molar-refractivity contribution in [1.29, 1.82) is 0 Å². The van der Waals surface area contributed by atoms with Crippen LogP contribution in [0.5, 0.6) is 5.75 Å². The van der Waals surface area contributed by atoms with E-state index in [9.17, 15) is 14.7 Å². The molecule has 1 aliphatic rings. The molecule has 0 unspecified atom stereocenters. The van der Waals surface area contributed by atoms with Gasteiger partial charge in [-0.3, -0.25) is 9.59 Å². The highest BCUT2D eigenvalue weighted by molar-refractivity contribution is 6.30. The molecule has 0 fully saturated rings. The number of nitrogens with one attached hydrogen (secondary N) is 1. The van der Waals surface area contributed by atoms with Crippen molar-refractivity contribution >= 4 is 29.0 Å². The van der Waals surface area contributed by atoms with Gasteiger partial charge >= 0.3 is 0 Å². The maximum absolute atomic E-state index is 13.5. The Morgan fingerprint density at radius 2 is 1.63 bits per heavy atom. The van der Waals surface area contributed by atoms with Crippen LogP contribution in [0.3, 0.4) is 0 Å². The van der Waals surface area contributed by atoms with Crippen LogP contribution in [0.4, 0.5) is 5.69 Å². The number of hydrogen-bond acceptors (Lipinski definition) is 5. The second-order valence-electron chi connectivity index (χ2n) is 14.4. The molecule has 0 saturated heterocycles. The summed E-state index contributed by atoms with van der Waals surface area (Å²) in [5, 5.41) is 12.4. The Labute approximate surface area is 294 Å². The smallest absolute Gasteiger partial charge is 0.255 e. The molecular formula is C43H56N2O4. The Kier molecular flexibility index (Phi) is 12.7. The molecule has 4 rings (SSSR count). The molecule has 0 aliphatic heterocycles. The Hall–Kier alpha value is -4.16. The number of anilines is 1. The van der Waals surface area contributed by atoms with Crippen molar-refractivity contribution < 1.29 is 19.4 Å². The van der Waals surface area contributed by atoms with E-state index in [4.69, 9.17) is 4.74 Å². The number of allylic oxidation sites excluding steroid dienone is 2. The Balaban J connectivity index is 1.43. The molecule has 49 heavy (non-hydrogen) atoms. The minimum Gasteiger partial charge on any atom is -0.493 e. The van der Waals surface area contributed by atoms with Crippen molar-refractivity contribution in [2.75, 3.05) is 37.7 Å². The van der Waals surface area contributed by atoms with Crippen LogP contribution in [0.2, 0.25) is 0 Å². The second-order valence-corrected chi connectivity index (χ2v) is 14.4. The van der Waals surface area contributed by atoms with Crippen LogP contribution in [0.15, 0.2) is 72.3 Å². The van der Waals surface area contributed by atoms with Gasteiger partial charge in [-0.15, -0.1) is 0 Å². The Morgan fingerprint density at radius 1 is 0.918 bits per heavy atom. The monoisotopic (exact) mass is 664 g/mol. The minimum absolute atomic E-state index is 0.00593. The number of aryl methyl sites for hydroxylation is 1. The third-order valence-corrected chi connectivity index (χ3v) is 10.3. The average Bonchev–Trinajstić information content (AvgIpc) is 3.10. The van der Waals surface area contributed by atoms with E-state index in [0.29, 0.717) is 25.3 Å². The third-order valence-electron chi connectivity index (χ3n) is 10.3. The van der Waals surface area contributed by atoms with Crippen molar-refractivity contribution in [3.05, 3.63) is 106 Å². The van der Waals surface area contributed by atoms with E-state index >= 15 is 0 Å². The molecule has 3 aromatic rings. The highest BCUT2D eigenvalue weighted by Crippen LogP contribution is 2.38. The standard InChI is InChI=1S/C43H56N2O4/c1-9-42(5,6)33-19-21-39(38(29-33)43(7,8)10-2)49-25-15-14-22-44-41(48)37-28-32(35-16-12-13-17-36(35)40(37)47)27-31-18-20-34(26-30(31)4)45(11-3)23-24-46/h12-13,16-21,26-29,46H,9-11,14-15,22-25H2,1-8H3,(H,44,48)/b32-27+. The van der Waals surface area contributed by atoms with Crippen molar-refractivity contribution in [2.24, 2.45) is 0 Å². The number of Topliss-reactive ketones (excluding diaryl/α,β-unsaturated/α-hetero) is 1. The lowest BCUT2D eigenvalue weighted by atomic mass is 9.76. The first-order chi connectivity index (χ1) is 23.4. The minimum atomic E-state index is -0.359. The summed E-state index contributed by atoms with van der Waals surface area (Å²) in [4.78, 5) is 29.0. The zero-order valence-corrected chi connectivity index (χ0v) is 30.9. The summed E-state index contributed by atoms with van der Waals surface area (Å²) in [6.07, 6.45) is 7.35. The molecule has 6 heteroatoms. The van der Waals surface area contributed by atoms with Gasteiger partial charge in [-0.1, -0.05) is 84.0 Å². The molecular weight excluding hydrogens is 608 g/mol. The molecule has 1 aliphatic carbocycles. The average molecular weight is 665 g/mol. The number of unbranched alkanes of at least 4 members (excludes halogenated alkanes) is 1. The van der Waals surface area contributed by atoms with Crippen LogP contribution in [0, 0.1) is 6.92 Å². The SMILES string of the molecule is CCN(CCO)c1ccc(/C=C2\C=C(C(=O)NCCCCOc3ccc(C(C)(C)CC)cc3C(C)(C)CC)C(=O)c3ccccc32)c(C)c1. The van der Waals surface area contributed by atoms with Crippen LogP contribution in [-0.2, 0) is 15.6 Å². The lowest BCUT2D eigenvalue weighted by Crippen LogP contribution is -2.31. The number of ether oxygens (including phenoxy) is 1. The van der Waals surface area contributed by atoms with E-state index in [2.05, 4.69) is 95.9 Å². The van der Waals surface area contributed by atoms with Crippen molar-refractivity contribution in [3.8, 4) is 5.75 Å². The van der Waals surface area contributed by atoms with Gasteiger partial charge in [-0.2, -0.15) is 0 Å². The second kappa shape index (κ2) is 16.5. The number of fused-ring (bicyclic) bond motifs is 1. The first kappa shape index (κ1) is 37.7. The number of carbonyl (C=O) groups is 2. The van der Waals surface area contributed by atoms with E-state index in [1.54, 1.807) is 12.1 Å². The summed E-state index contributed by atoms with van der Waals surface area (Å²) in [7, 11) is 0. The van der Waals surface area contributed by atoms with E-state index in [1.807, 2.05) is 30.3 Å². The molecule has 6 nitrogen and oxygen atoms in total. The molecule has 0 atom stereocenters. The number of benzene rings is 3. The van der Waals surface area contributed by atoms with Gasteiger partial charge in [-0.25, -0.2) is 0 Å². The van der Waals surface area contributed by atoms with Gasteiger partial charge < -0.3 is 20.1 Å². The third kappa shape index (κ3) is 8.90. The van der Waals surface area contributed by atoms with E-state index in [1.165, 1.54) is 11.1 Å². The summed E-state index contributed by atoms with van der Waals surface area (Å²) < 4.78 is 6.33. The molecule has 1 amide bonds. The van der Waals surface area contributed by atoms with Gasteiger partial charge in [0.25, 0.3) is 5.91 Å². The maximum atomic E-state index is 13.5. The lowest BCUT2D eigenvalue weighted by molar-refractivity contribution is -0.117. The number of carbonyl (C=O) groups excluding carboxylic acids is 2. The predicted octanol–water partition coefficient (Wildman–Crippen LogP) is 8.83. The maximum Gasteiger partial charge on any atom is 0.255 e. The Bertz CT molecular complexity index is 1700. The van der Waals surface area contributed by atoms with E-state index in [0.717, 1.165) is 65.9 Å². The highest BCUT2D eigenvalue weighted by atomic mass is 16.5. The van der Waals surface area contributed by atoms with Gasteiger partial charge in [0.1, 0.15) is 5.75 Å². The Morgan fingerprint density at radius 3 is 2.29 bits per heavy atom. The molecule has 2 N–H and O–H groups in total. The zero-order chi connectivity index (χ0) is 35.8. The number of likely N-dealkylation sites (N-methyl/N-ethyl adjacent to an activating group) is 1. The molecule has 0 radical (unpaired) electrons. The number of amides is 1. The van der Waals surface area contributed by atoms with Crippen LogP contribution >= 0.6 is 0 Å². The highest BCUT2D eigenvalue weighted by Gasteiger charge is 2.28. The largest absolute Gasteiger partial charge is 0.493 e. The molecule has 262 valence electrons. The summed E-state index contributed by atoms with van der Waals surface area (Å²) in [6.45, 7) is 20.1. The summed E-state index contributed by atoms with van der Waals surface area (Å²) >= 11 is 0. The number of hydrogen-bond donors (Lipinski definition) is 2. The van der Waals surface area contributed by atoms with Crippen LogP contribution in [-0.4, -0.2) is 49.6 Å². The molecule has 0 bridgehead atoms. The lowest BCUT2D eigenvalue weighted by Gasteiger charge is -2.30. The van der Waals surface area contributed by atoms with Crippen molar-refractivity contribution in [1.82, 2.24) is 5.32 Å². The van der Waals surface area contributed by atoms with Gasteiger partial charge in [-0.05, 0) is 109 Å². The number of rotatable bonds is 16. The van der Waals surface area contributed by atoms with E-state index in [-0.39, 0.29) is 34.7 Å². The van der Waals surface area contributed by atoms with E-state index < -0.39 is 0 Å². The molecule has 0 aromatic heterocycles. The zero-order valence-electron chi connectivity index (χ0n) is 30.9. The summed E-state index contributed by atoms with van der Waals surface area (Å²) in [5.74, 6) is 0.311. The number of ketones is 1. The number of aliphatic hydroxyl groups excluding tert-OH is 1. The van der Waals surface area contributed by atoms with Gasteiger partial charge in [0.15, 0.2) is 5.78 Å². The molecule has 0 saturated carbocycles. The number of nitrogens with zero attached hydrogens (tertiary/aromatic N) is 1. The number of aliphatic hydroxyl groups is 1. The predicted molar refractivity (Wildman–Crippen MR) is 204 cm³/mol. The normalized spacial score (nSPS) is 14.0. The van der Waals surface area contributed by atoms with Crippen LogP contribution < -0.4 is 15.0 Å². The first-order valence-electron chi connectivity index (χ1n) is 18.0. The van der Waals surface area contributed by atoms with Gasteiger partial charge in [0.05, 0.1) is 18.8 Å². The van der Waals surface area contributed by atoms with Gasteiger partial charge in [0, 0.05) is 36.4 Å². The molecule has 3 aromatic carbocycles. The summed E-state index contributed by atoms with van der Waals surface area (Å²) in [6, 6.07) is 20.3. The molecule has 0 spiro atoms. The topological polar surface area (TPSA) is 78.9 Å². The quantitative estimate of drug-likeness (QED) is 0.118. The van der Waals surface area contributed by atoms with Crippen molar-refractivity contribution in [2.45, 2.75) is 91.9 Å².